The van der Waals surface area contributed by atoms with Crippen LogP contribution in [0.15, 0.2) is 0 Å². The van der Waals surface area contributed by atoms with E-state index in [2.05, 4.69) is 24.1 Å². The quantitative estimate of drug-likeness (QED) is 0.725. The molecule has 0 amide bonds. The maximum Gasteiger partial charge on any atom is 0.0474 e. The van der Waals surface area contributed by atoms with Gasteiger partial charge in [-0.1, -0.05) is 13.8 Å². The van der Waals surface area contributed by atoms with Gasteiger partial charge in [-0.05, 0) is 38.3 Å². The first-order chi connectivity index (χ1) is 7.76. The van der Waals surface area contributed by atoms with E-state index in [9.17, 15) is 0 Å². The summed E-state index contributed by atoms with van der Waals surface area (Å²) in [5.41, 5.74) is 0. The van der Waals surface area contributed by atoms with Crippen molar-refractivity contribution in [2.75, 3.05) is 39.9 Å². The number of ether oxygens (including phenoxy) is 1. The molecule has 3 nitrogen and oxygen atoms in total. The van der Waals surface area contributed by atoms with Crippen LogP contribution in [-0.4, -0.2) is 50.8 Å². The number of hydrogen-bond acceptors (Lipinski definition) is 3. The summed E-state index contributed by atoms with van der Waals surface area (Å²) in [6.45, 7) is 10.3. The van der Waals surface area contributed by atoms with Crippen LogP contribution in [0.3, 0.4) is 0 Å². The van der Waals surface area contributed by atoms with Crippen LogP contribution in [0.5, 0.6) is 0 Å². The molecule has 0 saturated carbocycles. The third kappa shape index (κ3) is 5.28. The van der Waals surface area contributed by atoms with E-state index in [0.29, 0.717) is 6.04 Å². The van der Waals surface area contributed by atoms with Crippen molar-refractivity contribution in [2.45, 2.75) is 39.2 Å². The summed E-state index contributed by atoms with van der Waals surface area (Å²) >= 11 is 0. The molecule has 0 aromatic carbocycles. The zero-order chi connectivity index (χ0) is 11.8. The van der Waals surface area contributed by atoms with Crippen molar-refractivity contribution < 1.29 is 4.74 Å². The molecule has 1 aliphatic heterocycles. The molecule has 16 heavy (non-hydrogen) atoms. The van der Waals surface area contributed by atoms with Gasteiger partial charge in [0.25, 0.3) is 0 Å². The van der Waals surface area contributed by atoms with Crippen molar-refractivity contribution in [3.05, 3.63) is 0 Å². The van der Waals surface area contributed by atoms with Gasteiger partial charge in [0, 0.05) is 32.8 Å². The molecule has 1 fully saturated rings. The smallest absolute Gasteiger partial charge is 0.0474 e. The van der Waals surface area contributed by atoms with E-state index in [0.717, 1.165) is 18.9 Å². The molecule has 2 atom stereocenters. The second kappa shape index (κ2) is 8.04. The van der Waals surface area contributed by atoms with Crippen molar-refractivity contribution >= 4 is 0 Å². The number of hydrogen-bond donors (Lipinski definition) is 1. The minimum Gasteiger partial charge on any atom is -0.385 e. The fourth-order valence-corrected chi connectivity index (χ4v) is 2.39. The molecule has 0 radical (unpaired) electrons. The molecule has 3 heteroatoms. The van der Waals surface area contributed by atoms with Crippen LogP contribution in [-0.2, 0) is 4.74 Å². The Bertz CT molecular complexity index is 175. The van der Waals surface area contributed by atoms with Gasteiger partial charge in [0.05, 0.1) is 0 Å². The molecule has 0 aromatic rings. The standard InChI is InChI=1S/C13H28N2O/c1-4-13-6-8-15(7-5-9-16-3)11-12(2)10-14-13/h12-14H,4-11H2,1-3H3. The van der Waals surface area contributed by atoms with Gasteiger partial charge in [-0.2, -0.15) is 0 Å². The van der Waals surface area contributed by atoms with E-state index < -0.39 is 0 Å². The van der Waals surface area contributed by atoms with E-state index >= 15 is 0 Å². The third-order valence-corrected chi connectivity index (χ3v) is 3.43. The van der Waals surface area contributed by atoms with Gasteiger partial charge in [0.15, 0.2) is 0 Å². The summed E-state index contributed by atoms with van der Waals surface area (Å²) in [4.78, 5) is 2.60. The summed E-state index contributed by atoms with van der Waals surface area (Å²) in [6, 6.07) is 0.715. The fraction of sp³-hybridized carbons (Fsp3) is 1.00. The molecule has 1 rings (SSSR count). The second-order valence-electron chi connectivity index (χ2n) is 5.05. The molecule has 0 spiro atoms. The van der Waals surface area contributed by atoms with E-state index in [4.69, 9.17) is 4.74 Å². The second-order valence-corrected chi connectivity index (χ2v) is 5.05. The SMILES string of the molecule is CCC1CCN(CCCOC)CC(C)CN1. The van der Waals surface area contributed by atoms with Crippen molar-refractivity contribution in [2.24, 2.45) is 5.92 Å². The van der Waals surface area contributed by atoms with Crippen LogP contribution in [0.2, 0.25) is 0 Å². The Morgan fingerprint density at radius 1 is 1.44 bits per heavy atom. The first kappa shape index (κ1) is 13.9. The summed E-state index contributed by atoms with van der Waals surface area (Å²) in [7, 11) is 1.78. The highest BCUT2D eigenvalue weighted by Crippen LogP contribution is 2.09. The van der Waals surface area contributed by atoms with Crippen LogP contribution < -0.4 is 5.32 Å². The summed E-state index contributed by atoms with van der Waals surface area (Å²) in [5, 5.41) is 3.66. The zero-order valence-corrected chi connectivity index (χ0v) is 11.2. The first-order valence-corrected chi connectivity index (χ1v) is 6.71. The third-order valence-electron chi connectivity index (χ3n) is 3.43. The number of methoxy groups -OCH3 is 1. The molecule has 0 bridgehead atoms. The lowest BCUT2D eigenvalue weighted by Crippen LogP contribution is -2.43. The van der Waals surface area contributed by atoms with Crippen LogP contribution >= 0.6 is 0 Å². The van der Waals surface area contributed by atoms with Crippen molar-refractivity contribution in [1.29, 1.82) is 0 Å². The van der Waals surface area contributed by atoms with Crippen molar-refractivity contribution in [3.63, 3.8) is 0 Å². The Balaban J connectivity index is 2.31. The molecular formula is C13H28N2O. The molecule has 0 aliphatic carbocycles. The van der Waals surface area contributed by atoms with E-state index in [1.54, 1.807) is 7.11 Å². The van der Waals surface area contributed by atoms with Crippen molar-refractivity contribution in [3.8, 4) is 0 Å². The van der Waals surface area contributed by atoms with Crippen LogP contribution in [0.1, 0.15) is 33.1 Å². The van der Waals surface area contributed by atoms with Gasteiger partial charge in [-0.15, -0.1) is 0 Å². The topological polar surface area (TPSA) is 24.5 Å². The van der Waals surface area contributed by atoms with E-state index in [1.807, 2.05) is 0 Å². The van der Waals surface area contributed by atoms with E-state index in [-0.39, 0.29) is 0 Å². The van der Waals surface area contributed by atoms with Gasteiger partial charge in [-0.25, -0.2) is 0 Å². The largest absolute Gasteiger partial charge is 0.385 e. The Labute approximate surface area is 101 Å². The van der Waals surface area contributed by atoms with Crippen LogP contribution in [0, 0.1) is 5.92 Å². The maximum absolute atomic E-state index is 5.12. The molecule has 1 aliphatic rings. The van der Waals surface area contributed by atoms with Crippen LogP contribution in [0.25, 0.3) is 0 Å². The van der Waals surface area contributed by atoms with E-state index in [1.165, 1.54) is 39.0 Å². The average Bonchev–Trinajstić information content (AvgIpc) is 2.26. The Morgan fingerprint density at radius 2 is 2.25 bits per heavy atom. The normalized spacial score (nSPS) is 28.7. The minimum absolute atomic E-state index is 0.715. The molecule has 1 heterocycles. The molecule has 2 unspecified atom stereocenters. The van der Waals surface area contributed by atoms with Gasteiger partial charge in [-0.3, -0.25) is 0 Å². The molecular weight excluding hydrogens is 200 g/mol. The lowest BCUT2D eigenvalue weighted by Gasteiger charge is -2.32. The lowest BCUT2D eigenvalue weighted by molar-refractivity contribution is 0.153. The number of nitrogens with one attached hydrogen (secondary N) is 1. The molecule has 1 saturated heterocycles. The highest BCUT2D eigenvalue weighted by Gasteiger charge is 2.17. The summed E-state index contributed by atoms with van der Waals surface area (Å²) in [6.07, 6.45) is 3.70. The predicted octanol–water partition coefficient (Wildman–Crippen LogP) is 1.73. The van der Waals surface area contributed by atoms with Gasteiger partial charge in [0.1, 0.15) is 0 Å². The Morgan fingerprint density at radius 3 is 2.94 bits per heavy atom. The predicted molar refractivity (Wildman–Crippen MR) is 68.8 cm³/mol. The molecule has 1 N–H and O–H groups in total. The van der Waals surface area contributed by atoms with Crippen molar-refractivity contribution in [1.82, 2.24) is 10.2 Å². The number of nitrogens with zero attached hydrogens (tertiary/aromatic N) is 1. The Kier molecular flexibility index (Phi) is 7.01. The lowest BCUT2D eigenvalue weighted by atomic mass is 10.0. The molecule has 0 aromatic heterocycles. The van der Waals surface area contributed by atoms with Gasteiger partial charge in [0.2, 0.25) is 0 Å². The zero-order valence-electron chi connectivity index (χ0n) is 11.2. The fourth-order valence-electron chi connectivity index (χ4n) is 2.39. The van der Waals surface area contributed by atoms with Gasteiger partial charge >= 0.3 is 0 Å². The Hall–Kier alpha value is -0.120. The average molecular weight is 228 g/mol. The van der Waals surface area contributed by atoms with Gasteiger partial charge < -0.3 is 15.0 Å². The maximum atomic E-state index is 5.12. The monoisotopic (exact) mass is 228 g/mol. The first-order valence-electron chi connectivity index (χ1n) is 6.71. The highest BCUT2D eigenvalue weighted by atomic mass is 16.5. The molecule has 96 valence electrons. The van der Waals surface area contributed by atoms with Crippen LogP contribution in [0.4, 0.5) is 0 Å². The summed E-state index contributed by atoms with van der Waals surface area (Å²) < 4.78 is 5.12. The highest BCUT2D eigenvalue weighted by molar-refractivity contribution is 4.75. The number of rotatable bonds is 5. The minimum atomic E-state index is 0.715. The summed E-state index contributed by atoms with van der Waals surface area (Å²) in [5.74, 6) is 0.761.